The van der Waals surface area contributed by atoms with Gasteiger partial charge >= 0.3 is 12.1 Å². The molecule has 0 saturated carbocycles. The molecule has 1 N–H and O–H groups in total. The fraction of sp³-hybridized carbons (Fsp3) is 0.571. The van der Waals surface area contributed by atoms with Gasteiger partial charge in [-0.3, -0.25) is 9.59 Å². The molecule has 1 fully saturated rings. The number of benzene rings is 1. The van der Waals surface area contributed by atoms with E-state index in [0.29, 0.717) is 26.2 Å². The normalized spacial score (nSPS) is 14.1. The van der Waals surface area contributed by atoms with Crippen LogP contribution in [0.3, 0.4) is 0 Å². The largest absolute Gasteiger partial charge is 0.497 e. The summed E-state index contributed by atoms with van der Waals surface area (Å²) >= 11 is 0. The van der Waals surface area contributed by atoms with E-state index in [1.165, 1.54) is 0 Å². The molecule has 9 nitrogen and oxygen atoms in total. The number of anilines is 1. The average molecular weight is 421 g/mol. The van der Waals surface area contributed by atoms with Crippen molar-refractivity contribution >= 4 is 23.7 Å². The number of ether oxygens (including phenoxy) is 3. The first-order valence-electron chi connectivity index (χ1n) is 9.97. The van der Waals surface area contributed by atoms with E-state index in [4.69, 9.17) is 14.2 Å². The first kappa shape index (κ1) is 23.3. The van der Waals surface area contributed by atoms with E-state index < -0.39 is 17.7 Å². The number of methoxy groups -OCH3 is 1. The number of esters is 1. The Balaban J connectivity index is 1.64. The third-order valence-electron chi connectivity index (χ3n) is 4.42. The molecule has 166 valence electrons. The lowest BCUT2D eigenvalue weighted by atomic mass is 10.2. The highest BCUT2D eigenvalue weighted by atomic mass is 16.6. The summed E-state index contributed by atoms with van der Waals surface area (Å²) in [5.41, 5.74) is 0.473. The van der Waals surface area contributed by atoms with E-state index >= 15 is 0 Å². The van der Waals surface area contributed by atoms with Crippen LogP contribution < -0.4 is 15.0 Å². The van der Waals surface area contributed by atoms with Crippen LogP contribution in [0.4, 0.5) is 10.5 Å². The molecule has 1 aliphatic heterocycles. The first-order chi connectivity index (χ1) is 14.2. The molecule has 1 aromatic carbocycles. The predicted octanol–water partition coefficient (Wildman–Crippen LogP) is 1.80. The molecule has 0 aromatic heterocycles. The molecule has 0 unspecified atom stereocenters. The minimum absolute atomic E-state index is 0.0300. The Labute approximate surface area is 177 Å². The molecule has 0 aliphatic carbocycles. The molecule has 0 bridgehead atoms. The molecule has 0 radical (unpaired) electrons. The molecule has 30 heavy (non-hydrogen) atoms. The fourth-order valence-electron chi connectivity index (χ4n) is 2.89. The zero-order valence-electron chi connectivity index (χ0n) is 18.1. The first-order valence-corrected chi connectivity index (χ1v) is 9.97. The maximum atomic E-state index is 12.3. The van der Waals surface area contributed by atoms with Crippen molar-refractivity contribution in [3.63, 3.8) is 0 Å². The van der Waals surface area contributed by atoms with Crippen LogP contribution in [-0.4, -0.2) is 74.9 Å². The van der Waals surface area contributed by atoms with Gasteiger partial charge in [0.1, 0.15) is 11.4 Å². The van der Waals surface area contributed by atoms with Gasteiger partial charge in [-0.2, -0.15) is 0 Å². The van der Waals surface area contributed by atoms with E-state index in [0.717, 1.165) is 11.4 Å². The van der Waals surface area contributed by atoms with E-state index in [2.05, 4.69) is 10.2 Å². The number of nitrogens with zero attached hydrogens (tertiary/aromatic N) is 2. The van der Waals surface area contributed by atoms with Crippen molar-refractivity contribution in [1.29, 1.82) is 0 Å². The van der Waals surface area contributed by atoms with Gasteiger partial charge in [-0.1, -0.05) is 0 Å². The molecule has 0 spiro atoms. The topological polar surface area (TPSA) is 97.4 Å². The van der Waals surface area contributed by atoms with Gasteiger partial charge < -0.3 is 29.3 Å². The molecule has 1 saturated heterocycles. The van der Waals surface area contributed by atoms with Crippen LogP contribution in [0, 0.1) is 0 Å². The Morgan fingerprint density at radius 1 is 1.03 bits per heavy atom. The molecule has 9 heteroatoms. The highest BCUT2D eigenvalue weighted by molar-refractivity contribution is 5.81. The molecule has 1 aromatic rings. The smallest absolute Gasteiger partial charge is 0.407 e. The number of amides is 2. The van der Waals surface area contributed by atoms with Crippen LogP contribution in [0.1, 0.15) is 27.2 Å². The predicted molar refractivity (Wildman–Crippen MR) is 112 cm³/mol. The summed E-state index contributed by atoms with van der Waals surface area (Å²) in [6.07, 6.45) is -0.626. The molecular formula is C21H31N3O6. The van der Waals surface area contributed by atoms with Gasteiger partial charge in [-0.25, -0.2) is 4.79 Å². The second-order valence-electron chi connectivity index (χ2n) is 7.91. The van der Waals surface area contributed by atoms with Crippen molar-refractivity contribution in [1.82, 2.24) is 10.2 Å². The Bertz CT molecular complexity index is 721. The summed E-state index contributed by atoms with van der Waals surface area (Å²) in [4.78, 5) is 39.5. The van der Waals surface area contributed by atoms with Gasteiger partial charge in [0.15, 0.2) is 6.61 Å². The van der Waals surface area contributed by atoms with E-state index in [1.54, 1.807) is 32.8 Å². The Hall–Kier alpha value is -2.97. The molecular weight excluding hydrogens is 390 g/mol. The van der Waals surface area contributed by atoms with Gasteiger partial charge in [0.25, 0.3) is 5.91 Å². The number of carbonyl (C=O) groups excluding carboxylic acids is 3. The summed E-state index contributed by atoms with van der Waals surface area (Å²) in [6, 6.07) is 7.79. The van der Waals surface area contributed by atoms with Gasteiger partial charge in [0.2, 0.25) is 0 Å². The van der Waals surface area contributed by atoms with Crippen LogP contribution in [-0.2, 0) is 19.1 Å². The summed E-state index contributed by atoms with van der Waals surface area (Å²) in [5.74, 6) is 0.0322. The summed E-state index contributed by atoms with van der Waals surface area (Å²) < 4.78 is 15.3. The van der Waals surface area contributed by atoms with Crippen LogP contribution in [0.5, 0.6) is 5.75 Å². The number of nitrogens with one attached hydrogen (secondary N) is 1. The summed E-state index contributed by atoms with van der Waals surface area (Å²) in [6.45, 7) is 7.56. The second kappa shape index (κ2) is 10.7. The van der Waals surface area contributed by atoms with Crippen LogP contribution >= 0.6 is 0 Å². The van der Waals surface area contributed by atoms with Crippen LogP contribution in [0.15, 0.2) is 24.3 Å². The second-order valence-corrected chi connectivity index (χ2v) is 7.91. The van der Waals surface area contributed by atoms with E-state index in [9.17, 15) is 14.4 Å². The molecule has 2 rings (SSSR count). The molecule has 2 amide bonds. The fourth-order valence-corrected chi connectivity index (χ4v) is 2.89. The SMILES string of the molecule is COc1ccc(N2CCN(C(=O)COC(=O)CCNC(=O)OC(C)(C)C)CC2)cc1. The third-order valence-corrected chi connectivity index (χ3v) is 4.42. The van der Waals surface area contributed by atoms with Crippen molar-refractivity contribution in [3.05, 3.63) is 24.3 Å². The Morgan fingerprint density at radius 3 is 2.23 bits per heavy atom. The molecule has 1 aliphatic rings. The zero-order valence-corrected chi connectivity index (χ0v) is 18.1. The standard InChI is InChI=1S/C21H31N3O6/c1-21(2,3)30-20(27)22-10-9-19(26)29-15-18(25)24-13-11-23(12-14-24)16-5-7-17(28-4)8-6-16/h5-8H,9-15H2,1-4H3,(H,22,27). The number of carbonyl (C=O) groups is 3. The van der Waals surface area contributed by atoms with E-state index in [1.807, 2.05) is 24.3 Å². The number of hydrogen-bond donors (Lipinski definition) is 1. The maximum absolute atomic E-state index is 12.3. The third kappa shape index (κ3) is 7.81. The highest BCUT2D eigenvalue weighted by Crippen LogP contribution is 2.20. The monoisotopic (exact) mass is 421 g/mol. The Morgan fingerprint density at radius 2 is 1.67 bits per heavy atom. The van der Waals surface area contributed by atoms with Crippen LogP contribution in [0.2, 0.25) is 0 Å². The quantitative estimate of drug-likeness (QED) is 0.671. The number of piperazine rings is 1. The average Bonchev–Trinajstić information content (AvgIpc) is 2.71. The highest BCUT2D eigenvalue weighted by Gasteiger charge is 2.22. The van der Waals surface area contributed by atoms with Crippen molar-refractivity contribution in [3.8, 4) is 5.75 Å². The minimum Gasteiger partial charge on any atom is -0.497 e. The number of alkyl carbamates (subject to hydrolysis) is 1. The van der Waals surface area contributed by atoms with Gasteiger partial charge in [-0.15, -0.1) is 0 Å². The van der Waals surface area contributed by atoms with Crippen molar-refractivity contribution in [2.75, 3.05) is 51.3 Å². The minimum atomic E-state index is -0.603. The molecule has 1 heterocycles. The molecule has 0 atom stereocenters. The lowest BCUT2D eigenvalue weighted by Gasteiger charge is -2.36. The van der Waals surface area contributed by atoms with Gasteiger partial charge in [-0.05, 0) is 45.0 Å². The number of hydrogen-bond acceptors (Lipinski definition) is 7. The summed E-state index contributed by atoms with van der Waals surface area (Å²) in [7, 11) is 1.63. The van der Waals surface area contributed by atoms with E-state index in [-0.39, 0.29) is 25.5 Å². The van der Waals surface area contributed by atoms with Crippen molar-refractivity contribution < 1.29 is 28.6 Å². The lowest BCUT2D eigenvalue weighted by Crippen LogP contribution is -2.50. The zero-order chi connectivity index (χ0) is 22.1. The Kier molecular flexibility index (Phi) is 8.32. The summed E-state index contributed by atoms with van der Waals surface area (Å²) in [5, 5.41) is 2.48. The number of rotatable bonds is 7. The maximum Gasteiger partial charge on any atom is 0.407 e. The van der Waals surface area contributed by atoms with Gasteiger partial charge in [0, 0.05) is 38.4 Å². The van der Waals surface area contributed by atoms with Crippen LogP contribution in [0.25, 0.3) is 0 Å². The van der Waals surface area contributed by atoms with Crippen molar-refractivity contribution in [2.45, 2.75) is 32.8 Å². The van der Waals surface area contributed by atoms with Crippen molar-refractivity contribution in [2.24, 2.45) is 0 Å². The lowest BCUT2D eigenvalue weighted by molar-refractivity contribution is -0.152. The van der Waals surface area contributed by atoms with Gasteiger partial charge in [0.05, 0.1) is 13.5 Å².